The molecule has 1 aromatic rings. The van der Waals surface area contributed by atoms with Crippen LogP contribution in [0.1, 0.15) is 52.9 Å². The van der Waals surface area contributed by atoms with Gasteiger partial charge >= 0.3 is 16.3 Å². The van der Waals surface area contributed by atoms with Gasteiger partial charge in [0, 0.05) is 38.0 Å². The first kappa shape index (κ1) is 28.4. The maximum absolute atomic E-state index is 13.2. The lowest BCUT2D eigenvalue weighted by molar-refractivity contribution is -0.135. The third-order valence-electron chi connectivity index (χ3n) is 10.0. The van der Waals surface area contributed by atoms with E-state index in [4.69, 9.17) is 4.74 Å². The molecular weight excluding hydrogens is 530 g/mol. The largest absolute Gasteiger partial charge is 0.445 e. The number of carbonyl (C=O) groups is 3. The van der Waals surface area contributed by atoms with Crippen molar-refractivity contribution in [3.63, 3.8) is 0 Å². The van der Waals surface area contributed by atoms with Crippen LogP contribution in [0.2, 0.25) is 0 Å². The smallest absolute Gasteiger partial charge is 0.422 e. The lowest BCUT2D eigenvalue weighted by atomic mass is 9.47. The van der Waals surface area contributed by atoms with Crippen molar-refractivity contribution in [2.75, 3.05) is 23.7 Å². The fourth-order valence-corrected chi connectivity index (χ4v) is 8.91. The number of Topliss-reactive ketones (excluding diaryl/α,β-unsaturated/α-hetero) is 1. The molecule has 0 heterocycles. The zero-order chi connectivity index (χ0) is 29.0. The lowest BCUT2D eigenvalue weighted by Crippen LogP contribution is -2.57. The van der Waals surface area contributed by atoms with Crippen molar-refractivity contribution in [1.82, 2.24) is 4.72 Å². The summed E-state index contributed by atoms with van der Waals surface area (Å²) in [6.45, 7) is 5.86. The molecule has 1 amide bonds. The second-order valence-corrected chi connectivity index (χ2v) is 14.0. The molecule has 0 unspecified atom stereocenters. The molecule has 216 valence electrons. The topological polar surface area (TPSA) is 122 Å². The highest BCUT2D eigenvalue weighted by atomic mass is 32.2. The Kier molecular flexibility index (Phi) is 7.13. The number of ether oxygens (including phenoxy) is 1. The number of hydrogen-bond donors (Lipinski definition) is 2. The molecule has 2 saturated carbocycles. The van der Waals surface area contributed by atoms with Crippen molar-refractivity contribution in [2.24, 2.45) is 34.5 Å². The van der Waals surface area contributed by atoms with E-state index in [2.05, 4.69) is 24.6 Å². The molecule has 7 atom stereocenters. The van der Waals surface area contributed by atoms with E-state index in [-0.39, 0.29) is 40.7 Å². The van der Waals surface area contributed by atoms with Gasteiger partial charge in [-0.25, -0.2) is 9.52 Å². The summed E-state index contributed by atoms with van der Waals surface area (Å²) in [5, 5.41) is 0. The van der Waals surface area contributed by atoms with Gasteiger partial charge in [0.15, 0.2) is 5.78 Å². The van der Waals surface area contributed by atoms with Crippen LogP contribution in [0.3, 0.4) is 0 Å². The molecule has 1 aromatic carbocycles. The number of allylic oxidation sites excluding steroid dienone is 4. The van der Waals surface area contributed by atoms with Crippen LogP contribution in [-0.4, -0.2) is 46.3 Å². The normalized spacial score (nSPS) is 34.6. The van der Waals surface area contributed by atoms with Crippen LogP contribution in [0.25, 0.3) is 0 Å². The van der Waals surface area contributed by atoms with Crippen molar-refractivity contribution >= 4 is 39.2 Å². The Morgan fingerprint density at radius 2 is 1.80 bits per heavy atom. The van der Waals surface area contributed by atoms with Crippen LogP contribution in [0.15, 0.2) is 48.1 Å². The molecule has 0 radical (unpaired) electrons. The van der Waals surface area contributed by atoms with Gasteiger partial charge in [0.25, 0.3) is 0 Å². The molecule has 9 nitrogen and oxygen atoms in total. The second kappa shape index (κ2) is 10.0. The highest BCUT2D eigenvalue weighted by molar-refractivity contribution is 7.91. The SMILES string of the molecule is CC(=O)[C@H]1CC[C@H]2[C@@H]3C=CC4=CC(=O)CC[C@@]4(C)[C@@H]3[C@@H](OC(=O)NS(=O)(=O)Nc3ccc(N(C)C)cc3)C[C@]12C. The first-order valence-corrected chi connectivity index (χ1v) is 15.4. The number of benzene rings is 1. The van der Waals surface area contributed by atoms with E-state index >= 15 is 0 Å². The van der Waals surface area contributed by atoms with Gasteiger partial charge in [-0.15, -0.1) is 0 Å². The number of carbonyl (C=O) groups excluding carboxylic acids is 3. The highest BCUT2D eigenvalue weighted by Crippen LogP contribution is 2.65. The van der Waals surface area contributed by atoms with Gasteiger partial charge in [0.2, 0.25) is 0 Å². The van der Waals surface area contributed by atoms with Crippen molar-refractivity contribution in [3.05, 3.63) is 48.1 Å². The number of nitrogens with zero attached hydrogens (tertiary/aromatic N) is 1. The van der Waals surface area contributed by atoms with E-state index in [1.165, 1.54) is 0 Å². The molecule has 40 heavy (non-hydrogen) atoms. The quantitative estimate of drug-likeness (QED) is 0.512. The van der Waals surface area contributed by atoms with Gasteiger partial charge in [-0.1, -0.05) is 26.0 Å². The molecule has 0 aromatic heterocycles. The fourth-order valence-electron chi connectivity index (χ4n) is 8.15. The second-order valence-electron chi connectivity index (χ2n) is 12.6. The summed E-state index contributed by atoms with van der Waals surface area (Å²) >= 11 is 0. The zero-order valence-electron chi connectivity index (χ0n) is 23.8. The molecule has 0 saturated heterocycles. The number of rotatable bonds is 6. The maximum Gasteiger partial charge on any atom is 0.422 e. The Morgan fingerprint density at radius 3 is 2.45 bits per heavy atom. The number of anilines is 2. The summed E-state index contributed by atoms with van der Waals surface area (Å²) in [6.07, 6.45) is 7.38. The third-order valence-corrected chi connectivity index (χ3v) is 11.0. The van der Waals surface area contributed by atoms with Crippen LogP contribution in [0, 0.1) is 34.5 Å². The van der Waals surface area contributed by atoms with Crippen LogP contribution in [0.5, 0.6) is 0 Å². The minimum absolute atomic E-state index is 0.0428. The zero-order valence-corrected chi connectivity index (χ0v) is 24.6. The summed E-state index contributed by atoms with van der Waals surface area (Å²) in [5.74, 6) is 0.210. The Hall–Kier alpha value is -3.14. The van der Waals surface area contributed by atoms with Gasteiger partial charge < -0.3 is 9.64 Å². The minimum Gasteiger partial charge on any atom is -0.445 e. The maximum atomic E-state index is 13.2. The van der Waals surface area contributed by atoms with E-state index in [1.54, 1.807) is 37.3 Å². The molecule has 10 heteroatoms. The van der Waals surface area contributed by atoms with Crippen LogP contribution >= 0.6 is 0 Å². The van der Waals surface area contributed by atoms with Crippen LogP contribution in [0.4, 0.5) is 16.2 Å². The number of amides is 1. The molecule has 2 fully saturated rings. The molecule has 0 aliphatic heterocycles. The van der Waals surface area contributed by atoms with E-state index in [0.717, 1.165) is 24.1 Å². The molecule has 2 N–H and O–H groups in total. The van der Waals surface area contributed by atoms with E-state index in [1.807, 2.05) is 29.8 Å². The molecular formula is C30H39N3O6S. The number of nitrogens with one attached hydrogen (secondary N) is 2. The van der Waals surface area contributed by atoms with Crippen molar-refractivity contribution < 1.29 is 27.5 Å². The summed E-state index contributed by atoms with van der Waals surface area (Å²) in [6, 6.07) is 6.75. The molecule has 0 spiro atoms. The number of ketones is 2. The van der Waals surface area contributed by atoms with Crippen molar-refractivity contribution in [2.45, 2.75) is 59.0 Å². The molecule has 4 aliphatic carbocycles. The Morgan fingerprint density at radius 1 is 1.10 bits per heavy atom. The van der Waals surface area contributed by atoms with Crippen LogP contribution < -0.4 is 14.3 Å². The monoisotopic (exact) mass is 569 g/mol. The van der Waals surface area contributed by atoms with Crippen molar-refractivity contribution in [3.8, 4) is 0 Å². The van der Waals surface area contributed by atoms with Gasteiger partial charge in [0.1, 0.15) is 11.9 Å². The molecule has 4 aliphatic rings. The Balaban J connectivity index is 1.41. The Bertz CT molecular complexity index is 1380. The first-order chi connectivity index (χ1) is 18.7. The average molecular weight is 570 g/mol. The van der Waals surface area contributed by atoms with Crippen molar-refractivity contribution in [1.29, 1.82) is 0 Å². The minimum atomic E-state index is -4.26. The summed E-state index contributed by atoms with van der Waals surface area (Å²) in [5.41, 5.74) is 1.35. The highest BCUT2D eigenvalue weighted by Gasteiger charge is 2.63. The molecule has 5 rings (SSSR count). The predicted octanol–water partition coefficient (Wildman–Crippen LogP) is 4.63. The predicted molar refractivity (Wildman–Crippen MR) is 153 cm³/mol. The average Bonchev–Trinajstić information content (AvgIpc) is 3.20. The Labute approximate surface area is 236 Å². The summed E-state index contributed by atoms with van der Waals surface area (Å²) in [4.78, 5) is 40.0. The lowest BCUT2D eigenvalue weighted by Gasteiger charge is -2.58. The van der Waals surface area contributed by atoms with Gasteiger partial charge in [0.05, 0.1) is 5.69 Å². The fraction of sp³-hybridized carbons (Fsp3) is 0.567. The van der Waals surface area contributed by atoms with E-state index in [9.17, 15) is 22.8 Å². The molecule has 0 bridgehead atoms. The number of hydrogen-bond acceptors (Lipinski definition) is 7. The van der Waals surface area contributed by atoms with E-state index < -0.39 is 27.8 Å². The summed E-state index contributed by atoms with van der Waals surface area (Å²) in [7, 11) is -0.501. The standard InChI is InChI=1S/C30H39N3O6S/c1-18(34)24-12-13-25-23-11-6-19-16-22(35)14-15-29(19,2)27(23)26(17-30(24,25)3)39-28(36)32-40(37,38)31-20-7-9-21(10-8-20)33(4)5/h6-11,16,23-27,31H,12-15,17H2,1-5H3,(H,32,36)/t23-,24+,25-,26-,27-,29+,30+/m0/s1. The first-order valence-electron chi connectivity index (χ1n) is 14.0. The van der Waals surface area contributed by atoms with Gasteiger partial charge in [-0.3, -0.25) is 14.3 Å². The van der Waals surface area contributed by atoms with Crippen LogP contribution in [-0.2, 0) is 24.5 Å². The van der Waals surface area contributed by atoms with E-state index in [0.29, 0.717) is 24.9 Å². The third kappa shape index (κ3) is 4.95. The number of fused-ring (bicyclic) bond motifs is 5. The summed E-state index contributed by atoms with van der Waals surface area (Å²) < 4.78 is 36.0. The van der Waals surface area contributed by atoms with Gasteiger partial charge in [-0.05, 0) is 91.2 Å². The van der Waals surface area contributed by atoms with Gasteiger partial charge in [-0.2, -0.15) is 8.42 Å².